The molecular weight excluding hydrogens is 791 g/mol. The van der Waals surface area contributed by atoms with Crippen LogP contribution in [0.1, 0.15) is 96.0 Å². The fraction of sp³-hybridized carbons (Fsp3) is 0.689. The number of carbonyl (C=O) groups is 4. The van der Waals surface area contributed by atoms with Crippen molar-refractivity contribution in [2.45, 2.75) is 120 Å². The molecule has 61 heavy (non-hydrogen) atoms. The third-order valence-electron chi connectivity index (χ3n) is 15.6. The predicted molar refractivity (Wildman–Crippen MR) is 239 cm³/mol. The van der Waals surface area contributed by atoms with Crippen molar-refractivity contribution in [2.75, 3.05) is 91.4 Å². The van der Waals surface area contributed by atoms with Crippen molar-refractivity contribution in [1.82, 2.24) is 28.8 Å². The monoisotopic (exact) mass is 853 g/mol. The third-order valence-corrected chi connectivity index (χ3v) is 16.7. The van der Waals surface area contributed by atoms with Crippen molar-refractivity contribution >= 4 is 65.1 Å². The summed E-state index contributed by atoms with van der Waals surface area (Å²) in [5.41, 5.74) is 3.65. The first-order valence-corrected chi connectivity index (χ1v) is 23.8. The first kappa shape index (κ1) is 41.0. The number of hydrogen-bond donors (Lipinski definition) is 2. The topological polar surface area (TPSA) is 141 Å². The number of fused-ring (bicyclic) bond motifs is 2. The van der Waals surface area contributed by atoms with Gasteiger partial charge in [0.25, 0.3) is 0 Å². The number of anilines is 5. The van der Waals surface area contributed by atoms with Crippen molar-refractivity contribution in [3.8, 4) is 0 Å². The minimum Gasteiger partial charge on any atom is -0.368 e. The molecule has 4 atom stereocenters. The molecule has 1 aromatic heterocycles. The molecule has 2 saturated carbocycles. The number of likely N-dealkylation sites (N-methyl/N-ethyl adjacent to an activating group) is 1. The highest BCUT2D eigenvalue weighted by Gasteiger charge is 2.62. The van der Waals surface area contributed by atoms with Gasteiger partial charge in [-0.1, -0.05) is 19.4 Å². The molecular formula is C45H63N11O4S. The second-order valence-corrected chi connectivity index (χ2v) is 20.8. The summed E-state index contributed by atoms with van der Waals surface area (Å²) in [6.07, 6.45) is 15.6. The lowest BCUT2D eigenvalue weighted by Gasteiger charge is -2.56. The molecule has 2 spiro atoms. The van der Waals surface area contributed by atoms with Crippen LogP contribution in [0.2, 0.25) is 0 Å². The SMILES string of the molecule is CC1CCCC1N1C(=O)C2(CC2)c2cnc(NC3CCN(SN4CC5(CCCN(C6CCCN(c7cccc(N(C)C8CCC(=O)NC8=O)c7N(C)C=O)C6)C5)C4)CC3)nc21. The first-order chi connectivity index (χ1) is 29.5. The summed E-state index contributed by atoms with van der Waals surface area (Å²) >= 11 is 1.93. The van der Waals surface area contributed by atoms with Crippen molar-refractivity contribution in [3.63, 3.8) is 0 Å². The molecule has 5 saturated heterocycles. The van der Waals surface area contributed by atoms with Gasteiger partial charge in [-0.05, 0) is 95.2 Å². The Morgan fingerprint density at radius 1 is 0.918 bits per heavy atom. The molecule has 1 aromatic carbocycles. The second kappa shape index (κ2) is 16.3. The first-order valence-electron chi connectivity index (χ1n) is 23.1. The van der Waals surface area contributed by atoms with Crippen LogP contribution in [0.3, 0.4) is 0 Å². The second-order valence-electron chi connectivity index (χ2n) is 19.6. The van der Waals surface area contributed by atoms with E-state index < -0.39 is 6.04 Å². The molecule has 4 amide bonds. The number of para-hydroxylation sites is 1. The fourth-order valence-corrected chi connectivity index (χ4v) is 13.4. The van der Waals surface area contributed by atoms with Crippen LogP contribution in [0.4, 0.5) is 28.8 Å². The van der Waals surface area contributed by atoms with Crippen LogP contribution >= 0.6 is 12.1 Å². The molecule has 4 unspecified atom stereocenters. The number of benzene rings is 1. The highest BCUT2D eigenvalue weighted by atomic mass is 32.2. The Balaban J connectivity index is 0.726. The van der Waals surface area contributed by atoms with Gasteiger partial charge in [0.2, 0.25) is 30.1 Å². The van der Waals surface area contributed by atoms with Crippen LogP contribution in [0.15, 0.2) is 24.4 Å². The lowest BCUT2D eigenvalue weighted by Crippen LogP contribution is -2.63. The number of piperidine rings is 4. The summed E-state index contributed by atoms with van der Waals surface area (Å²) in [7, 11) is 3.67. The van der Waals surface area contributed by atoms with Crippen LogP contribution < -0.4 is 30.2 Å². The van der Waals surface area contributed by atoms with Crippen LogP contribution in [-0.4, -0.2) is 138 Å². The van der Waals surface area contributed by atoms with Gasteiger partial charge in [0, 0.05) is 114 Å². The normalized spacial score (nSPS) is 29.1. The minimum absolute atomic E-state index is 0.236. The smallest absolute Gasteiger partial charge is 0.249 e. The molecule has 2 aliphatic carbocycles. The van der Waals surface area contributed by atoms with Gasteiger partial charge in [0.1, 0.15) is 11.9 Å². The van der Waals surface area contributed by atoms with Crippen molar-refractivity contribution in [1.29, 1.82) is 0 Å². The molecule has 10 rings (SSSR count). The molecule has 6 aliphatic heterocycles. The zero-order valence-corrected chi connectivity index (χ0v) is 37.0. The number of carbonyl (C=O) groups excluding carboxylic acids is 4. The Morgan fingerprint density at radius 3 is 2.48 bits per heavy atom. The molecule has 0 radical (unpaired) electrons. The maximum absolute atomic E-state index is 13.7. The summed E-state index contributed by atoms with van der Waals surface area (Å²) in [6.45, 7) is 10.6. The number of nitrogens with one attached hydrogen (secondary N) is 2. The maximum atomic E-state index is 13.7. The van der Waals surface area contributed by atoms with E-state index in [4.69, 9.17) is 9.97 Å². The van der Waals surface area contributed by atoms with E-state index in [0.29, 0.717) is 42.2 Å². The highest BCUT2D eigenvalue weighted by molar-refractivity contribution is 7.94. The number of aromatic nitrogens is 2. The number of likely N-dealkylation sites (tertiary alicyclic amines) is 1. The summed E-state index contributed by atoms with van der Waals surface area (Å²) in [4.78, 5) is 71.4. The van der Waals surface area contributed by atoms with Gasteiger partial charge in [-0.3, -0.25) is 34.3 Å². The predicted octanol–water partition coefficient (Wildman–Crippen LogP) is 4.38. The van der Waals surface area contributed by atoms with Crippen molar-refractivity contribution < 1.29 is 19.2 Å². The number of amides is 4. The summed E-state index contributed by atoms with van der Waals surface area (Å²) in [5.74, 6) is 1.78. The van der Waals surface area contributed by atoms with E-state index in [0.717, 1.165) is 132 Å². The summed E-state index contributed by atoms with van der Waals surface area (Å²) in [5, 5.41) is 6.15. The van der Waals surface area contributed by atoms with Crippen LogP contribution in [0.25, 0.3) is 0 Å². The fourth-order valence-electron chi connectivity index (χ4n) is 12.0. The Kier molecular flexibility index (Phi) is 11.0. The van der Waals surface area contributed by atoms with Crippen LogP contribution in [-0.2, 0) is 24.6 Å². The van der Waals surface area contributed by atoms with Gasteiger partial charge in [0.05, 0.1) is 22.5 Å². The quantitative estimate of drug-likeness (QED) is 0.188. The third kappa shape index (κ3) is 7.56. The molecule has 2 aromatic rings. The van der Waals surface area contributed by atoms with Gasteiger partial charge in [0.15, 0.2) is 0 Å². The Hall–Kier alpha value is -3.99. The molecule has 8 aliphatic rings. The van der Waals surface area contributed by atoms with E-state index in [-0.39, 0.29) is 29.2 Å². The number of nitrogens with zero attached hydrogens (tertiary/aromatic N) is 9. The zero-order valence-electron chi connectivity index (χ0n) is 36.2. The largest absolute Gasteiger partial charge is 0.368 e. The molecule has 15 nitrogen and oxygen atoms in total. The van der Waals surface area contributed by atoms with Gasteiger partial charge in [-0.2, -0.15) is 4.98 Å². The van der Waals surface area contributed by atoms with E-state index in [1.165, 1.54) is 25.7 Å². The Bertz CT molecular complexity index is 2040. The van der Waals surface area contributed by atoms with Gasteiger partial charge >= 0.3 is 0 Å². The molecule has 7 heterocycles. The van der Waals surface area contributed by atoms with Gasteiger partial charge < -0.3 is 20.0 Å². The maximum Gasteiger partial charge on any atom is 0.249 e. The molecule has 7 fully saturated rings. The number of rotatable bonds is 11. The number of imide groups is 1. The lowest BCUT2D eigenvalue weighted by molar-refractivity contribution is -0.134. The zero-order chi connectivity index (χ0) is 42.0. The summed E-state index contributed by atoms with van der Waals surface area (Å²) < 4.78 is 5.11. The van der Waals surface area contributed by atoms with Crippen molar-refractivity contribution in [3.05, 3.63) is 30.0 Å². The van der Waals surface area contributed by atoms with Crippen LogP contribution in [0, 0.1) is 11.3 Å². The Labute approximate surface area is 364 Å². The average Bonchev–Trinajstić information content (AvgIpc) is 3.91. The molecule has 328 valence electrons. The van der Waals surface area contributed by atoms with E-state index in [1.807, 2.05) is 42.4 Å². The minimum atomic E-state index is -0.480. The summed E-state index contributed by atoms with van der Waals surface area (Å²) in [6, 6.07) is 6.62. The lowest BCUT2D eigenvalue weighted by atomic mass is 9.74. The van der Waals surface area contributed by atoms with Gasteiger partial charge in [-0.15, -0.1) is 0 Å². The average molecular weight is 854 g/mol. The Morgan fingerprint density at radius 2 is 1.74 bits per heavy atom. The van der Waals surface area contributed by atoms with E-state index in [9.17, 15) is 19.2 Å². The highest BCUT2D eigenvalue weighted by Crippen LogP contribution is 2.58. The van der Waals surface area contributed by atoms with E-state index >= 15 is 0 Å². The molecule has 2 N–H and O–H groups in total. The van der Waals surface area contributed by atoms with Gasteiger partial charge in [-0.25, -0.2) is 13.6 Å². The molecule has 0 bridgehead atoms. The van der Waals surface area contributed by atoms with E-state index in [1.54, 1.807) is 11.9 Å². The molecule has 16 heteroatoms. The van der Waals surface area contributed by atoms with Crippen molar-refractivity contribution in [2.24, 2.45) is 11.3 Å². The number of hydrogen-bond acceptors (Lipinski definition) is 13. The van der Waals surface area contributed by atoms with Crippen LogP contribution in [0.5, 0.6) is 0 Å². The van der Waals surface area contributed by atoms with E-state index in [2.05, 4.69) is 46.9 Å². The standard InChI is InChI=1S/C45H63N11O4S/c1-30-8-4-10-34(30)56-40-33(45(18-19-45)42(56)60)24-46-43(49-40)47-31-15-22-54(23-16-31)61-55-27-44(28-55)17-7-21-53(26-44)32-9-6-20-52(25-32)36-12-5-11-35(39(36)50(2)29-57)51(3)37-13-14-38(58)48-41(37)59/h5,11-12,24,29-32,34,37H,4,6-10,13-23,25-28H2,1-3H3,(H,46,47,49)(H,48,58,59).